The molecule has 0 aliphatic heterocycles. The number of rotatable bonds is 6. The number of fused-ring (bicyclic) bond motifs is 1. The van der Waals surface area contributed by atoms with Gasteiger partial charge in [0.05, 0.1) is 30.2 Å². The van der Waals surface area contributed by atoms with Crippen molar-refractivity contribution in [2.45, 2.75) is 26.1 Å². The van der Waals surface area contributed by atoms with Gasteiger partial charge in [-0.2, -0.15) is 0 Å². The molecule has 0 unspecified atom stereocenters. The van der Waals surface area contributed by atoms with Crippen LogP contribution in [-0.2, 0) is 13.1 Å². The standard InChI is InChI=1S/C21H21N3O2/c1-14(25)15-6-8-16(9-7-15)20-11-10-17(26-20)12-22-13-21-23-18-4-2-3-5-19(18)24-21/h2-11,14,22,25H,12-13H2,1H3,(H,23,24)/t14-/m0/s1. The van der Waals surface area contributed by atoms with Crippen LogP contribution in [0, 0.1) is 0 Å². The van der Waals surface area contributed by atoms with E-state index in [1.165, 1.54) is 0 Å². The Morgan fingerprint density at radius 3 is 2.62 bits per heavy atom. The van der Waals surface area contributed by atoms with Crippen molar-refractivity contribution in [3.8, 4) is 11.3 Å². The maximum absolute atomic E-state index is 9.59. The van der Waals surface area contributed by atoms with Crippen molar-refractivity contribution in [1.29, 1.82) is 0 Å². The third-order valence-electron chi connectivity index (χ3n) is 4.37. The fraction of sp³-hybridized carbons (Fsp3) is 0.190. The first-order valence-corrected chi connectivity index (χ1v) is 8.70. The van der Waals surface area contributed by atoms with Crippen LogP contribution in [0.3, 0.4) is 0 Å². The van der Waals surface area contributed by atoms with Crippen molar-refractivity contribution in [3.63, 3.8) is 0 Å². The van der Waals surface area contributed by atoms with Crippen LogP contribution in [-0.4, -0.2) is 15.1 Å². The van der Waals surface area contributed by atoms with Crippen LogP contribution < -0.4 is 5.32 Å². The van der Waals surface area contributed by atoms with Crippen molar-refractivity contribution < 1.29 is 9.52 Å². The Morgan fingerprint density at radius 2 is 1.85 bits per heavy atom. The van der Waals surface area contributed by atoms with Crippen molar-refractivity contribution in [2.75, 3.05) is 0 Å². The minimum atomic E-state index is -0.460. The predicted molar refractivity (Wildman–Crippen MR) is 101 cm³/mol. The SMILES string of the molecule is C[C@H](O)c1ccc(-c2ccc(CNCc3nc4ccccc4[nH]3)o2)cc1. The third-order valence-corrected chi connectivity index (χ3v) is 4.37. The monoisotopic (exact) mass is 347 g/mol. The number of aromatic nitrogens is 2. The number of nitrogens with one attached hydrogen (secondary N) is 2. The van der Waals surface area contributed by atoms with E-state index in [9.17, 15) is 5.11 Å². The molecule has 0 radical (unpaired) electrons. The lowest BCUT2D eigenvalue weighted by molar-refractivity contribution is 0.199. The smallest absolute Gasteiger partial charge is 0.134 e. The third kappa shape index (κ3) is 3.54. The number of benzene rings is 2. The van der Waals surface area contributed by atoms with Crippen LogP contribution in [0.1, 0.15) is 30.2 Å². The lowest BCUT2D eigenvalue weighted by Gasteiger charge is -2.05. The fourth-order valence-electron chi connectivity index (χ4n) is 2.95. The van der Waals surface area contributed by atoms with Crippen LogP contribution in [0.25, 0.3) is 22.4 Å². The number of hydrogen-bond donors (Lipinski definition) is 3. The van der Waals surface area contributed by atoms with Gasteiger partial charge in [-0.15, -0.1) is 0 Å². The highest BCUT2D eigenvalue weighted by molar-refractivity contribution is 5.74. The topological polar surface area (TPSA) is 74.1 Å². The van der Waals surface area contributed by atoms with E-state index in [0.717, 1.165) is 39.5 Å². The molecular weight excluding hydrogens is 326 g/mol. The zero-order valence-corrected chi connectivity index (χ0v) is 14.6. The molecule has 0 spiro atoms. The number of aliphatic hydroxyl groups is 1. The molecule has 0 fully saturated rings. The first-order valence-electron chi connectivity index (χ1n) is 8.70. The molecule has 2 heterocycles. The summed E-state index contributed by atoms with van der Waals surface area (Å²) in [7, 11) is 0. The van der Waals surface area contributed by atoms with Crippen LogP contribution in [0.5, 0.6) is 0 Å². The van der Waals surface area contributed by atoms with E-state index in [-0.39, 0.29) is 0 Å². The molecule has 0 amide bonds. The first-order chi connectivity index (χ1) is 12.7. The summed E-state index contributed by atoms with van der Waals surface area (Å²) in [5.74, 6) is 2.60. The predicted octanol–water partition coefficient (Wildman–Crippen LogP) is 4.17. The van der Waals surface area contributed by atoms with E-state index in [2.05, 4.69) is 15.3 Å². The van der Waals surface area contributed by atoms with Gasteiger partial charge < -0.3 is 19.8 Å². The number of imidazole rings is 1. The van der Waals surface area contributed by atoms with Gasteiger partial charge in [0.25, 0.3) is 0 Å². The average Bonchev–Trinajstić information content (AvgIpc) is 3.28. The number of furan rings is 1. The van der Waals surface area contributed by atoms with E-state index in [1.807, 2.05) is 60.7 Å². The number of aliphatic hydroxyl groups excluding tert-OH is 1. The van der Waals surface area contributed by atoms with Crippen molar-refractivity contribution in [2.24, 2.45) is 0 Å². The fourth-order valence-corrected chi connectivity index (χ4v) is 2.95. The molecule has 5 nitrogen and oxygen atoms in total. The van der Waals surface area contributed by atoms with Gasteiger partial charge in [-0.3, -0.25) is 0 Å². The number of aromatic amines is 1. The number of H-pyrrole nitrogens is 1. The molecule has 4 rings (SSSR count). The first kappa shape index (κ1) is 16.6. The molecule has 2 aromatic carbocycles. The summed E-state index contributed by atoms with van der Waals surface area (Å²) in [6.07, 6.45) is -0.460. The van der Waals surface area contributed by atoms with Crippen molar-refractivity contribution >= 4 is 11.0 Å². The van der Waals surface area contributed by atoms with Crippen LogP contribution in [0.15, 0.2) is 65.1 Å². The molecule has 0 saturated carbocycles. The molecule has 0 aliphatic rings. The van der Waals surface area contributed by atoms with Gasteiger partial charge in [-0.25, -0.2) is 4.98 Å². The van der Waals surface area contributed by atoms with E-state index in [0.29, 0.717) is 13.1 Å². The van der Waals surface area contributed by atoms with Gasteiger partial charge in [-0.05, 0) is 36.8 Å². The Labute approximate surface area is 151 Å². The highest BCUT2D eigenvalue weighted by Gasteiger charge is 2.07. The lowest BCUT2D eigenvalue weighted by Crippen LogP contribution is -2.13. The largest absolute Gasteiger partial charge is 0.460 e. The average molecular weight is 347 g/mol. The maximum Gasteiger partial charge on any atom is 0.134 e. The summed E-state index contributed by atoms with van der Waals surface area (Å²) < 4.78 is 5.91. The summed E-state index contributed by atoms with van der Waals surface area (Å²) in [6.45, 7) is 3.03. The zero-order valence-electron chi connectivity index (χ0n) is 14.6. The Hall–Kier alpha value is -2.89. The van der Waals surface area contributed by atoms with Crippen molar-refractivity contribution in [1.82, 2.24) is 15.3 Å². The highest BCUT2D eigenvalue weighted by atomic mass is 16.3. The second-order valence-corrected chi connectivity index (χ2v) is 6.37. The van der Waals surface area contributed by atoms with E-state index >= 15 is 0 Å². The van der Waals surface area contributed by atoms with Gasteiger partial charge >= 0.3 is 0 Å². The molecular formula is C21H21N3O2. The van der Waals surface area contributed by atoms with Gasteiger partial charge in [0.1, 0.15) is 17.3 Å². The quantitative estimate of drug-likeness (QED) is 0.489. The number of hydrogen-bond acceptors (Lipinski definition) is 4. The summed E-state index contributed by atoms with van der Waals surface area (Å²) >= 11 is 0. The second kappa shape index (κ2) is 7.15. The minimum Gasteiger partial charge on any atom is -0.460 e. The number of para-hydroxylation sites is 2. The normalized spacial score (nSPS) is 12.5. The maximum atomic E-state index is 9.59. The zero-order chi connectivity index (χ0) is 17.9. The summed E-state index contributed by atoms with van der Waals surface area (Å²) in [5, 5.41) is 12.9. The van der Waals surface area contributed by atoms with Gasteiger partial charge in [0, 0.05) is 5.56 Å². The number of nitrogens with zero attached hydrogens (tertiary/aromatic N) is 1. The molecule has 0 aliphatic carbocycles. The molecule has 0 saturated heterocycles. The minimum absolute atomic E-state index is 0.460. The highest BCUT2D eigenvalue weighted by Crippen LogP contribution is 2.24. The molecule has 2 aromatic heterocycles. The van der Waals surface area contributed by atoms with Gasteiger partial charge in [-0.1, -0.05) is 36.4 Å². The Kier molecular flexibility index (Phi) is 4.56. The molecule has 3 N–H and O–H groups in total. The van der Waals surface area contributed by atoms with Crippen LogP contribution in [0.2, 0.25) is 0 Å². The van der Waals surface area contributed by atoms with E-state index < -0.39 is 6.10 Å². The summed E-state index contributed by atoms with van der Waals surface area (Å²) in [5.41, 5.74) is 3.92. The van der Waals surface area contributed by atoms with Gasteiger partial charge in [0.2, 0.25) is 0 Å². The van der Waals surface area contributed by atoms with Crippen molar-refractivity contribution in [3.05, 3.63) is 77.8 Å². The Balaban J connectivity index is 1.37. The molecule has 4 aromatic rings. The second-order valence-electron chi connectivity index (χ2n) is 6.37. The molecule has 0 bridgehead atoms. The Bertz CT molecular complexity index is 966. The Morgan fingerprint density at radius 1 is 1.04 bits per heavy atom. The van der Waals surface area contributed by atoms with Gasteiger partial charge in [0.15, 0.2) is 0 Å². The lowest BCUT2D eigenvalue weighted by atomic mass is 10.1. The van der Waals surface area contributed by atoms with E-state index in [1.54, 1.807) is 6.92 Å². The van der Waals surface area contributed by atoms with E-state index in [4.69, 9.17) is 4.42 Å². The molecule has 5 heteroatoms. The molecule has 26 heavy (non-hydrogen) atoms. The van der Waals surface area contributed by atoms with Crippen LogP contribution in [0.4, 0.5) is 0 Å². The molecule has 1 atom stereocenters. The molecule has 132 valence electrons. The van der Waals surface area contributed by atoms with Crippen LogP contribution >= 0.6 is 0 Å². The summed E-state index contributed by atoms with van der Waals surface area (Å²) in [6, 6.07) is 19.7. The summed E-state index contributed by atoms with van der Waals surface area (Å²) in [4.78, 5) is 7.85.